The first-order valence-corrected chi connectivity index (χ1v) is 19.5. The van der Waals surface area contributed by atoms with Gasteiger partial charge in [-0.25, -0.2) is 41.9 Å². The fraction of sp³-hybridized carbons (Fsp3) is 0.522. The van der Waals surface area contributed by atoms with Gasteiger partial charge in [-0.05, 0) is 37.1 Å². The Hall–Kier alpha value is -3.23. The minimum Gasteiger partial charge on any atom is -0.363 e. The molecule has 0 saturated heterocycles. The van der Waals surface area contributed by atoms with Crippen LogP contribution in [0, 0.1) is 58.4 Å². The van der Waals surface area contributed by atoms with E-state index in [2.05, 4.69) is 38.2 Å². The Morgan fingerprint density at radius 2 is 0.964 bits per heavy atom. The van der Waals surface area contributed by atoms with Crippen LogP contribution in [0.5, 0.6) is 0 Å². The van der Waals surface area contributed by atoms with E-state index in [1.165, 1.54) is 21.9 Å². The van der Waals surface area contributed by atoms with Gasteiger partial charge in [-0.2, -0.15) is 12.2 Å². The van der Waals surface area contributed by atoms with E-state index in [4.69, 9.17) is 0 Å². The number of carbonyl (C=O) groups excluding carboxylic acids is 2. The third-order valence-corrected chi connectivity index (χ3v) is 9.32. The van der Waals surface area contributed by atoms with Crippen LogP contribution >= 0.6 is 0 Å². The van der Waals surface area contributed by atoms with Crippen LogP contribution in [-0.4, -0.2) is 24.9 Å². The van der Waals surface area contributed by atoms with Crippen LogP contribution in [0.3, 0.4) is 0 Å². The zero-order valence-electron chi connectivity index (χ0n) is 34.4. The van der Waals surface area contributed by atoms with Crippen LogP contribution in [-0.2, 0) is 31.3 Å². The van der Waals surface area contributed by atoms with Crippen molar-refractivity contribution in [3.8, 4) is 0 Å². The summed E-state index contributed by atoms with van der Waals surface area (Å²) in [6.07, 6.45) is 29.2. The van der Waals surface area contributed by atoms with Gasteiger partial charge in [-0.3, -0.25) is 21.7 Å². The smallest absolute Gasteiger partial charge is 0.363 e. The Morgan fingerprint density at radius 1 is 0.600 bits per heavy atom. The van der Waals surface area contributed by atoms with Crippen LogP contribution in [0.1, 0.15) is 132 Å². The van der Waals surface area contributed by atoms with Gasteiger partial charge >= 0.3 is 21.7 Å². The molecule has 0 heterocycles. The summed E-state index contributed by atoms with van der Waals surface area (Å²) < 4.78 is 54.2. The first-order chi connectivity index (χ1) is 25.7. The second-order valence-electron chi connectivity index (χ2n) is 14.5. The molecule has 0 aliphatic heterocycles. The van der Waals surface area contributed by atoms with Gasteiger partial charge in [0, 0.05) is 47.2 Å². The van der Waals surface area contributed by atoms with Crippen molar-refractivity contribution in [1.82, 2.24) is 0 Å². The number of anilines is 2. The van der Waals surface area contributed by atoms with Crippen molar-refractivity contribution in [2.75, 3.05) is 22.9 Å². The maximum Gasteiger partial charge on any atom is 4.00 e. The van der Waals surface area contributed by atoms with Crippen LogP contribution in [0.2, 0.25) is 0 Å². The number of hydrogen-bond acceptors (Lipinski definition) is 2. The predicted octanol–water partition coefficient (Wildman–Crippen LogP) is 12.8. The predicted molar refractivity (Wildman–Crippen MR) is 215 cm³/mol. The number of nitrogens with zero attached hydrogens (tertiary/aromatic N) is 2. The van der Waals surface area contributed by atoms with Crippen molar-refractivity contribution in [2.24, 2.45) is 10.8 Å². The number of hydrogen-bond donors (Lipinski definition) is 0. The Bertz CT molecular complexity index is 1400. The summed E-state index contributed by atoms with van der Waals surface area (Å²) in [4.78, 5) is 28.4. The van der Waals surface area contributed by atoms with Crippen molar-refractivity contribution in [2.45, 2.75) is 132 Å². The maximum absolute atomic E-state index is 14.0. The minimum atomic E-state index is -0.809. The molecule has 2 amide bonds. The fourth-order valence-electron chi connectivity index (χ4n) is 5.06. The fourth-order valence-corrected chi connectivity index (χ4v) is 5.06. The second kappa shape index (κ2) is 28.2. The van der Waals surface area contributed by atoms with E-state index >= 15 is 0 Å². The summed E-state index contributed by atoms with van der Waals surface area (Å²) in [7, 11) is 0. The Balaban J connectivity index is 0.000000828. The standard InChI is InChI=1S/2C18H26F2NO.2C5H5.Ti/c2*1-5-7-8-9-12-21(17(22)18(3,4)6-2)16-11-10-14(19)13-15(16)20;2*1-2-4-5-3-1;/h2*10-11H,5-9,12H2,1-4H3;2*1-3H,4H2;/q4*-1;+4. The van der Waals surface area contributed by atoms with Gasteiger partial charge in [0.1, 0.15) is 0 Å². The summed E-state index contributed by atoms with van der Waals surface area (Å²) in [6.45, 7) is 16.4. The number of rotatable bonds is 16. The Kier molecular flexibility index (Phi) is 26.6. The molecule has 2 aromatic rings. The molecule has 9 heteroatoms. The molecule has 0 saturated carbocycles. The first-order valence-electron chi connectivity index (χ1n) is 19.5. The van der Waals surface area contributed by atoms with Gasteiger partial charge in [-0.1, -0.05) is 93.9 Å². The molecule has 0 spiro atoms. The van der Waals surface area contributed by atoms with Crippen LogP contribution < -0.4 is 9.80 Å². The molecule has 4 rings (SSSR count). The van der Waals surface area contributed by atoms with Crippen molar-refractivity contribution in [1.29, 1.82) is 0 Å². The van der Waals surface area contributed by atoms with Crippen LogP contribution in [0.25, 0.3) is 0 Å². The Morgan fingerprint density at radius 3 is 1.20 bits per heavy atom. The van der Waals surface area contributed by atoms with Gasteiger partial charge < -0.3 is 9.80 Å². The van der Waals surface area contributed by atoms with E-state index in [9.17, 15) is 27.2 Å². The molecule has 300 valence electrons. The number of benzene rings is 2. The SMILES string of the molecule is CCCCCCN(C(=O)C(C)(C)CC)c1ccc(F)[c-]c1F.CCCCCCN(C(=O)C(C)(C)CC)c1ccc(F)[c-]c1F.[C-]1=CC=CC1.[C-]1=CC=CC1.[Ti+4]. The average molecular weight is 799 g/mol. The second-order valence-corrected chi connectivity index (χ2v) is 14.5. The van der Waals surface area contributed by atoms with Gasteiger partial charge in [0.2, 0.25) is 11.8 Å². The molecule has 0 N–H and O–H groups in total. The summed E-state index contributed by atoms with van der Waals surface area (Å²) in [6, 6.07) is 8.97. The van der Waals surface area contributed by atoms with E-state index in [1.807, 2.05) is 78.0 Å². The number of halogens is 4. The van der Waals surface area contributed by atoms with Gasteiger partial charge in [0.25, 0.3) is 0 Å². The van der Waals surface area contributed by atoms with Crippen molar-refractivity contribution in [3.63, 3.8) is 0 Å². The molecule has 4 nitrogen and oxygen atoms in total. The first kappa shape index (κ1) is 51.8. The van der Waals surface area contributed by atoms with Gasteiger partial charge in [-0.15, -0.1) is 49.2 Å². The van der Waals surface area contributed by atoms with E-state index in [-0.39, 0.29) is 44.9 Å². The average Bonchev–Trinajstić information content (AvgIpc) is 3.93. The zero-order chi connectivity index (χ0) is 40.6. The quantitative estimate of drug-likeness (QED) is 0.0734. The third kappa shape index (κ3) is 19.5. The van der Waals surface area contributed by atoms with Crippen molar-refractivity contribution in [3.05, 3.63) is 108 Å². The van der Waals surface area contributed by atoms with E-state index in [0.717, 1.165) is 76.3 Å². The van der Waals surface area contributed by atoms with Crippen molar-refractivity contribution < 1.29 is 48.9 Å². The zero-order valence-corrected chi connectivity index (χ0v) is 36.0. The summed E-state index contributed by atoms with van der Waals surface area (Å²) in [5, 5.41) is 0. The molecule has 2 aliphatic carbocycles. The molecule has 0 aromatic heterocycles. The molecule has 2 aromatic carbocycles. The molecule has 0 radical (unpaired) electrons. The summed E-state index contributed by atoms with van der Waals surface area (Å²) in [5.74, 6) is -3.40. The van der Waals surface area contributed by atoms with Crippen LogP contribution in [0.15, 0.2) is 60.7 Å². The number of unbranched alkanes of at least 4 members (excludes halogenated alkanes) is 6. The number of amides is 2. The van der Waals surface area contributed by atoms with Crippen molar-refractivity contribution >= 4 is 23.2 Å². The normalized spacial score (nSPS) is 12.4. The molecular formula is C46H62F4N2O2Ti. The minimum absolute atomic E-state index is 0. The van der Waals surface area contributed by atoms with E-state index in [0.29, 0.717) is 25.9 Å². The molecular weight excluding hydrogens is 736 g/mol. The van der Waals surface area contributed by atoms with Crippen LogP contribution in [0.4, 0.5) is 28.9 Å². The molecule has 2 aliphatic rings. The monoisotopic (exact) mass is 798 g/mol. The molecule has 0 bridgehead atoms. The Labute approximate surface area is 345 Å². The van der Waals surface area contributed by atoms with E-state index in [1.54, 1.807) is 0 Å². The van der Waals surface area contributed by atoms with E-state index < -0.39 is 34.1 Å². The molecule has 0 atom stereocenters. The maximum atomic E-state index is 14.0. The summed E-state index contributed by atoms with van der Waals surface area (Å²) in [5.41, 5.74) is -0.925. The largest absolute Gasteiger partial charge is 4.00 e. The van der Waals surface area contributed by atoms with Gasteiger partial charge in [0.15, 0.2) is 0 Å². The topological polar surface area (TPSA) is 40.6 Å². The number of allylic oxidation sites excluding steroid dienone is 8. The molecule has 0 unspecified atom stereocenters. The molecule has 55 heavy (non-hydrogen) atoms. The number of carbonyl (C=O) groups is 2. The van der Waals surface area contributed by atoms with Gasteiger partial charge in [0.05, 0.1) is 0 Å². The third-order valence-electron chi connectivity index (χ3n) is 9.32. The molecule has 0 fully saturated rings. The summed E-state index contributed by atoms with van der Waals surface area (Å²) >= 11 is 0.